The Hall–Kier alpha value is -1.95. The fraction of sp³-hybridized carbons (Fsp3) is 0.364. The number of β-amino-alcohol motifs (C(OH)–C–C–N with tert-alkyl or cyclic N) is 1. The quantitative estimate of drug-likeness (QED) is 0.605. The molecule has 1 aromatic carbocycles. The van der Waals surface area contributed by atoms with Crippen molar-refractivity contribution in [2.45, 2.75) is 13.0 Å². The number of aliphatic hydroxyl groups is 1. The van der Waals surface area contributed by atoms with E-state index in [0.29, 0.717) is 18.7 Å². The van der Waals surface area contributed by atoms with E-state index in [1.54, 1.807) is 19.1 Å². The normalized spacial score (nSPS) is 15.5. The van der Waals surface area contributed by atoms with Crippen LogP contribution in [0.4, 0.5) is 5.69 Å². The van der Waals surface area contributed by atoms with Crippen LogP contribution in [0.15, 0.2) is 18.2 Å². The van der Waals surface area contributed by atoms with Gasteiger partial charge in [0.05, 0.1) is 11.0 Å². The molecular formula is C11H12N2O4. The van der Waals surface area contributed by atoms with E-state index in [0.717, 1.165) is 0 Å². The molecule has 0 radical (unpaired) electrons. The van der Waals surface area contributed by atoms with E-state index in [4.69, 9.17) is 5.11 Å². The molecule has 1 N–H and O–H groups in total. The van der Waals surface area contributed by atoms with Crippen molar-refractivity contribution in [1.82, 2.24) is 4.90 Å². The van der Waals surface area contributed by atoms with Crippen molar-refractivity contribution in [2.75, 3.05) is 13.1 Å². The van der Waals surface area contributed by atoms with E-state index >= 15 is 0 Å². The fourth-order valence-corrected chi connectivity index (χ4v) is 1.74. The Bertz CT molecular complexity index is 480. The first kappa shape index (κ1) is 11.5. The number of aliphatic hydroxyl groups excluding tert-OH is 1. The molecule has 2 rings (SSSR count). The van der Waals surface area contributed by atoms with Crippen LogP contribution in [0.5, 0.6) is 0 Å². The van der Waals surface area contributed by atoms with Crippen LogP contribution in [0.3, 0.4) is 0 Å². The summed E-state index contributed by atoms with van der Waals surface area (Å²) in [4.78, 5) is 23.5. The van der Waals surface area contributed by atoms with Crippen LogP contribution in [0.1, 0.15) is 15.9 Å². The first-order valence-electron chi connectivity index (χ1n) is 5.21. The number of carbonyl (C=O) groups excluding carboxylic acids is 1. The molecule has 0 aromatic heterocycles. The zero-order valence-electron chi connectivity index (χ0n) is 9.29. The molecule has 0 unspecified atom stereocenters. The maximum atomic E-state index is 11.9. The molecule has 0 atom stereocenters. The van der Waals surface area contributed by atoms with Gasteiger partial charge < -0.3 is 10.0 Å². The zero-order chi connectivity index (χ0) is 12.6. The number of rotatable bonds is 2. The van der Waals surface area contributed by atoms with Crippen LogP contribution in [-0.4, -0.2) is 40.0 Å². The number of nitro groups is 1. The molecule has 0 saturated carbocycles. The van der Waals surface area contributed by atoms with Crippen LogP contribution in [-0.2, 0) is 0 Å². The molecule has 17 heavy (non-hydrogen) atoms. The highest BCUT2D eigenvalue weighted by atomic mass is 16.6. The lowest BCUT2D eigenvalue weighted by Crippen LogP contribution is -2.53. The average Bonchev–Trinajstić information content (AvgIpc) is 2.24. The summed E-state index contributed by atoms with van der Waals surface area (Å²) >= 11 is 0. The molecule has 1 fully saturated rings. The van der Waals surface area contributed by atoms with Gasteiger partial charge in [0.25, 0.3) is 11.6 Å². The molecule has 1 heterocycles. The second-order valence-corrected chi connectivity index (χ2v) is 4.12. The lowest BCUT2D eigenvalue weighted by molar-refractivity contribution is -0.385. The second kappa shape index (κ2) is 4.14. The first-order valence-corrected chi connectivity index (χ1v) is 5.21. The Morgan fingerprint density at radius 2 is 2.18 bits per heavy atom. The van der Waals surface area contributed by atoms with Crippen molar-refractivity contribution in [3.05, 3.63) is 39.4 Å². The van der Waals surface area contributed by atoms with Crippen molar-refractivity contribution in [3.8, 4) is 0 Å². The molecule has 1 aromatic rings. The van der Waals surface area contributed by atoms with E-state index in [-0.39, 0.29) is 17.2 Å². The molecule has 0 bridgehead atoms. The molecule has 0 spiro atoms. The zero-order valence-corrected chi connectivity index (χ0v) is 9.29. The monoisotopic (exact) mass is 236 g/mol. The Labute approximate surface area is 97.6 Å². The number of nitro benzene ring substituents is 1. The third kappa shape index (κ3) is 2.12. The van der Waals surface area contributed by atoms with Gasteiger partial charge in [-0.2, -0.15) is 0 Å². The van der Waals surface area contributed by atoms with Gasteiger partial charge in [0.15, 0.2) is 0 Å². The SMILES string of the molecule is Cc1ccc(C(=O)N2CC(O)C2)cc1[N+](=O)[O-]. The Morgan fingerprint density at radius 1 is 1.53 bits per heavy atom. The van der Waals surface area contributed by atoms with Crippen molar-refractivity contribution < 1.29 is 14.8 Å². The van der Waals surface area contributed by atoms with Gasteiger partial charge in [-0.1, -0.05) is 6.07 Å². The van der Waals surface area contributed by atoms with Crippen molar-refractivity contribution in [2.24, 2.45) is 0 Å². The van der Waals surface area contributed by atoms with Crippen molar-refractivity contribution >= 4 is 11.6 Å². The largest absolute Gasteiger partial charge is 0.389 e. The number of aryl methyl sites for hydroxylation is 1. The minimum atomic E-state index is -0.503. The number of hydrogen-bond donors (Lipinski definition) is 1. The van der Waals surface area contributed by atoms with E-state index in [9.17, 15) is 14.9 Å². The van der Waals surface area contributed by atoms with E-state index in [1.165, 1.54) is 11.0 Å². The Morgan fingerprint density at radius 3 is 2.71 bits per heavy atom. The lowest BCUT2D eigenvalue weighted by Gasteiger charge is -2.35. The van der Waals surface area contributed by atoms with Gasteiger partial charge in [0, 0.05) is 30.3 Å². The van der Waals surface area contributed by atoms with Crippen molar-refractivity contribution in [3.63, 3.8) is 0 Å². The first-order chi connectivity index (χ1) is 7.99. The standard InChI is InChI=1S/C11H12N2O4/c1-7-2-3-8(4-10(7)13(16)17)11(15)12-5-9(14)6-12/h2-4,9,14H,5-6H2,1H3. The molecular weight excluding hydrogens is 224 g/mol. The average molecular weight is 236 g/mol. The number of hydrogen-bond acceptors (Lipinski definition) is 4. The lowest BCUT2D eigenvalue weighted by atomic mass is 10.1. The van der Waals surface area contributed by atoms with Crippen molar-refractivity contribution in [1.29, 1.82) is 0 Å². The van der Waals surface area contributed by atoms with E-state index < -0.39 is 11.0 Å². The predicted molar refractivity (Wildman–Crippen MR) is 59.7 cm³/mol. The third-order valence-electron chi connectivity index (χ3n) is 2.80. The van der Waals surface area contributed by atoms with Crippen LogP contribution >= 0.6 is 0 Å². The topological polar surface area (TPSA) is 83.7 Å². The van der Waals surface area contributed by atoms with Crippen LogP contribution in [0, 0.1) is 17.0 Å². The Kier molecular flexibility index (Phi) is 2.81. The Balaban J connectivity index is 2.24. The molecule has 1 aliphatic rings. The number of benzene rings is 1. The van der Waals surface area contributed by atoms with E-state index in [2.05, 4.69) is 0 Å². The van der Waals surface area contributed by atoms with Crippen LogP contribution in [0.25, 0.3) is 0 Å². The number of amides is 1. The smallest absolute Gasteiger partial charge is 0.273 e. The molecule has 1 amide bonds. The van der Waals surface area contributed by atoms with Gasteiger partial charge >= 0.3 is 0 Å². The molecule has 1 aliphatic heterocycles. The molecule has 1 saturated heterocycles. The minimum absolute atomic E-state index is 0.0584. The summed E-state index contributed by atoms with van der Waals surface area (Å²) in [7, 11) is 0. The summed E-state index contributed by atoms with van der Waals surface area (Å²) in [6.45, 7) is 2.21. The molecule has 0 aliphatic carbocycles. The summed E-state index contributed by atoms with van der Waals surface area (Å²) in [5.41, 5.74) is 0.751. The van der Waals surface area contributed by atoms with Gasteiger partial charge in [0.2, 0.25) is 0 Å². The predicted octanol–water partition coefficient (Wildman–Crippen LogP) is 0.720. The maximum absolute atomic E-state index is 11.9. The highest BCUT2D eigenvalue weighted by Crippen LogP contribution is 2.21. The number of nitrogens with zero attached hydrogens (tertiary/aromatic N) is 2. The highest BCUT2D eigenvalue weighted by molar-refractivity contribution is 5.95. The summed E-state index contributed by atoms with van der Waals surface area (Å²) in [5.74, 6) is -0.279. The summed E-state index contributed by atoms with van der Waals surface area (Å²) in [6.07, 6.45) is -0.473. The molecule has 90 valence electrons. The third-order valence-corrected chi connectivity index (χ3v) is 2.80. The number of carbonyl (C=O) groups is 1. The fourth-order valence-electron chi connectivity index (χ4n) is 1.74. The number of likely N-dealkylation sites (tertiary alicyclic amines) is 1. The van der Waals surface area contributed by atoms with Gasteiger partial charge in [-0.05, 0) is 13.0 Å². The molecule has 6 nitrogen and oxygen atoms in total. The maximum Gasteiger partial charge on any atom is 0.273 e. The summed E-state index contributed by atoms with van der Waals surface area (Å²) in [5, 5.41) is 19.8. The second-order valence-electron chi connectivity index (χ2n) is 4.12. The van der Waals surface area contributed by atoms with Crippen LogP contribution in [0.2, 0.25) is 0 Å². The van der Waals surface area contributed by atoms with Crippen LogP contribution < -0.4 is 0 Å². The van der Waals surface area contributed by atoms with Gasteiger partial charge in [0.1, 0.15) is 0 Å². The summed E-state index contributed by atoms with van der Waals surface area (Å²) < 4.78 is 0. The highest BCUT2D eigenvalue weighted by Gasteiger charge is 2.30. The molecule has 6 heteroatoms. The van der Waals surface area contributed by atoms with Gasteiger partial charge in [-0.3, -0.25) is 14.9 Å². The van der Waals surface area contributed by atoms with Gasteiger partial charge in [-0.25, -0.2) is 0 Å². The summed E-state index contributed by atoms with van der Waals surface area (Å²) in [6, 6.07) is 4.40. The minimum Gasteiger partial charge on any atom is -0.389 e. The van der Waals surface area contributed by atoms with Gasteiger partial charge in [-0.15, -0.1) is 0 Å². The van der Waals surface area contributed by atoms with E-state index in [1.807, 2.05) is 0 Å².